The van der Waals surface area contributed by atoms with Gasteiger partial charge in [0.15, 0.2) is 0 Å². The Morgan fingerprint density at radius 2 is 2.00 bits per heavy atom. The minimum atomic E-state index is -0.541. The van der Waals surface area contributed by atoms with Crippen LogP contribution in [0.4, 0.5) is 0 Å². The number of nitrogens with one attached hydrogen (secondary N) is 1. The number of esters is 1. The van der Waals surface area contributed by atoms with E-state index in [4.69, 9.17) is 5.41 Å². The fraction of sp³-hybridized carbons (Fsp3) is 0.100. The summed E-state index contributed by atoms with van der Waals surface area (Å²) in [5, 5.41) is 6.94. The second-order valence-corrected chi connectivity index (χ2v) is 2.36. The molecule has 1 N–H and O–H groups in total. The monoisotopic (exact) mass is 175 g/mol. The molecule has 0 aliphatic rings. The van der Waals surface area contributed by atoms with E-state index in [9.17, 15) is 4.79 Å². The van der Waals surface area contributed by atoms with Crippen LogP contribution in [0.2, 0.25) is 0 Å². The van der Waals surface area contributed by atoms with Crippen LogP contribution in [-0.2, 0) is 9.53 Å². The number of benzene rings is 1. The van der Waals surface area contributed by atoms with Gasteiger partial charge in [-0.25, -0.2) is 4.79 Å². The Bertz CT molecular complexity index is 350. The van der Waals surface area contributed by atoms with Crippen molar-refractivity contribution >= 4 is 17.4 Å². The number of carbonyl (C=O) groups excluding carboxylic acids is 1. The van der Waals surface area contributed by atoms with Gasteiger partial charge < -0.3 is 4.74 Å². The molecule has 0 amide bonds. The third-order valence-corrected chi connectivity index (χ3v) is 1.58. The zero-order valence-electron chi connectivity index (χ0n) is 7.20. The van der Waals surface area contributed by atoms with Crippen molar-refractivity contribution in [2.45, 2.75) is 0 Å². The molecular formula is C10H9NO2. The van der Waals surface area contributed by atoms with Gasteiger partial charge in [-0.3, -0.25) is 5.41 Å². The van der Waals surface area contributed by atoms with E-state index in [-0.39, 0.29) is 5.57 Å². The Morgan fingerprint density at radius 3 is 2.46 bits per heavy atom. The maximum absolute atomic E-state index is 11.1. The summed E-state index contributed by atoms with van der Waals surface area (Å²) in [5.41, 5.74) is 0.785. The highest BCUT2D eigenvalue weighted by Crippen LogP contribution is 2.11. The van der Waals surface area contributed by atoms with Gasteiger partial charge in [-0.2, -0.15) is 0 Å². The van der Waals surface area contributed by atoms with E-state index in [0.717, 1.165) is 0 Å². The van der Waals surface area contributed by atoms with E-state index < -0.39 is 5.97 Å². The second kappa shape index (κ2) is 4.24. The summed E-state index contributed by atoms with van der Waals surface area (Å²) in [6.07, 6.45) is 0. The van der Waals surface area contributed by atoms with Crippen molar-refractivity contribution in [1.82, 2.24) is 0 Å². The highest BCUT2D eigenvalue weighted by Gasteiger charge is 2.10. The van der Waals surface area contributed by atoms with E-state index in [1.807, 2.05) is 6.07 Å². The lowest BCUT2D eigenvalue weighted by molar-refractivity contribution is -0.133. The summed E-state index contributed by atoms with van der Waals surface area (Å²) in [5.74, 6) is 1.52. The van der Waals surface area contributed by atoms with E-state index in [2.05, 4.69) is 10.6 Å². The first-order valence-electron chi connectivity index (χ1n) is 3.73. The molecule has 0 atom stereocenters. The Balaban J connectivity index is 3.07. The largest absolute Gasteiger partial charge is 0.465 e. The summed E-state index contributed by atoms with van der Waals surface area (Å²) in [4.78, 5) is 11.1. The third-order valence-electron chi connectivity index (χ3n) is 1.58. The van der Waals surface area contributed by atoms with Crippen molar-refractivity contribution in [3.8, 4) is 0 Å². The summed E-state index contributed by atoms with van der Waals surface area (Å²) in [7, 11) is 1.28. The first kappa shape index (κ1) is 9.23. The van der Waals surface area contributed by atoms with Crippen LogP contribution in [0.5, 0.6) is 0 Å². The Morgan fingerprint density at radius 1 is 1.38 bits per heavy atom. The Labute approximate surface area is 76.2 Å². The van der Waals surface area contributed by atoms with Gasteiger partial charge in [0, 0.05) is 0 Å². The normalized spacial score (nSPS) is 8.69. The highest BCUT2D eigenvalue weighted by atomic mass is 16.5. The Hall–Kier alpha value is -1.86. The molecule has 0 fully saturated rings. The molecule has 0 unspecified atom stereocenters. The van der Waals surface area contributed by atoms with Crippen LogP contribution in [0.25, 0.3) is 5.57 Å². The van der Waals surface area contributed by atoms with E-state index >= 15 is 0 Å². The standard InChI is InChI=1S/C10H9NO2/c1-13-10(12)9(7-11)8-5-3-2-4-6-8/h2-6,11H,1H3. The first-order valence-corrected chi connectivity index (χ1v) is 3.73. The van der Waals surface area contributed by atoms with Gasteiger partial charge >= 0.3 is 5.97 Å². The van der Waals surface area contributed by atoms with Gasteiger partial charge in [0.1, 0.15) is 5.57 Å². The van der Waals surface area contributed by atoms with Crippen molar-refractivity contribution in [3.63, 3.8) is 0 Å². The molecule has 0 bridgehead atoms. The molecular weight excluding hydrogens is 166 g/mol. The van der Waals surface area contributed by atoms with Crippen LogP contribution in [0, 0.1) is 5.41 Å². The zero-order chi connectivity index (χ0) is 9.68. The molecule has 0 aliphatic heterocycles. The van der Waals surface area contributed by atoms with Crippen LogP contribution in [0.15, 0.2) is 30.3 Å². The predicted octanol–water partition coefficient (Wildman–Crippen LogP) is 1.49. The molecule has 1 aromatic carbocycles. The predicted molar refractivity (Wildman–Crippen MR) is 49.6 cm³/mol. The van der Waals surface area contributed by atoms with E-state index in [1.165, 1.54) is 7.11 Å². The van der Waals surface area contributed by atoms with Gasteiger partial charge in [0.05, 0.1) is 7.11 Å². The molecule has 3 heteroatoms. The minimum Gasteiger partial charge on any atom is -0.465 e. The molecule has 0 saturated heterocycles. The van der Waals surface area contributed by atoms with Crippen LogP contribution in [0.3, 0.4) is 0 Å². The number of ether oxygens (including phenoxy) is 1. The van der Waals surface area contributed by atoms with Gasteiger partial charge in [0.25, 0.3) is 0 Å². The number of hydrogen-bond donors (Lipinski definition) is 1. The molecule has 66 valence electrons. The van der Waals surface area contributed by atoms with Gasteiger partial charge in [0.2, 0.25) is 0 Å². The lowest BCUT2D eigenvalue weighted by Gasteiger charge is -2.00. The Kier molecular flexibility index (Phi) is 3.01. The minimum absolute atomic E-state index is 0.142. The average Bonchev–Trinajstić information content (AvgIpc) is 2.20. The van der Waals surface area contributed by atoms with Gasteiger partial charge in [-0.1, -0.05) is 30.3 Å². The molecule has 0 saturated carbocycles. The summed E-state index contributed by atoms with van der Waals surface area (Å²) < 4.78 is 4.50. The first-order chi connectivity index (χ1) is 6.29. The number of rotatable bonds is 2. The zero-order valence-corrected chi connectivity index (χ0v) is 7.20. The van der Waals surface area contributed by atoms with Crippen molar-refractivity contribution in [3.05, 3.63) is 35.9 Å². The van der Waals surface area contributed by atoms with Crippen molar-refractivity contribution < 1.29 is 9.53 Å². The van der Waals surface area contributed by atoms with Crippen LogP contribution in [0.1, 0.15) is 5.56 Å². The molecule has 0 spiro atoms. The number of hydrogen-bond acceptors (Lipinski definition) is 3. The van der Waals surface area contributed by atoms with Gasteiger partial charge in [-0.05, 0) is 11.4 Å². The van der Waals surface area contributed by atoms with Crippen molar-refractivity contribution in [2.75, 3.05) is 7.11 Å². The van der Waals surface area contributed by atoms with Crippen LogP contribution in [-0.4, -0.2) is 18.9 Å². The SMILES string of the molecule is COC(=O)C(=C=N)c1ccccc1. The fourth-order valence-corrected chi connectivity index (χ4v) is 0.948. The number of methoxy groups -OCH3 is 1. The molecule has 0 aromatic heterocycles. The van der Waals surface area contributed by atoms with E-state index in [0.29, 0.717) is 5.56 Å². The summed E-state index contributed by atoms with van der Waals surface area (Å²) in [6.45, 7) is 0. The second-order valence-electron chi connectivity index (χ2n) is 2.36. The summed E-state index contributed by atoms with van der Waals surface area (Å²) >= 11 is 0. The molecule has 0 aliphatic carbocycles. The molecule has 0 heterocycles. The van der Waals surface area contributed by atoms with Gasteiger partial charge in [-0.15, -0.1) is 0 Å². The smallest absolute Gasteiger partial charge is 0.347 e. The third kappa shape index (κ3) is 2.04. The maximum atomic E-state index is 11.1. The molecule has 0 radical (unpaired) electrons. The lowest BCUT2D eigenvalue weighted by atomic mass is 10.1. The van der Waals surface area contributed by atoms with E-state index in [1.54, 1.807) is 24.3 Å². The lowest BCUT2D eigenvalue weighted by Crippen LogP contribution is -2.03. The van der Waals surface area contributed by atoms with Crippen molar-refractivity contribution in [2.24, 2.45) is 0 Å². The average molecular weight is 175 g/mol. The quantitative estimate of drug-likeness (QED) is 0.420. The summed E-state index contributed by atoms with van der Waals surface area (Å²) in [6, 6.07) is 8.87. The fourth-order valence-electron chi connectivity index (χ4n) is 0.948. The molecule has 3 nitrogen and oxygen atoms in total. The molecule has 1 rings (SSSR count). The maximum Gasteiger partial charge on any atom is 0.347 e. The highest BCUT2D eigenvalue weighted by molar-refractivity contribution is 6.25. The molecule has 1 aromatic rings. The van der Waals surface area contributed by atoms with Crippen LogP contribution < -0.4 is 0 Å². The van der Waals surface area contributed by atoms with Crippen LogP contribution >= 0.6 is 0 Å². The van der Waals surface area contributed by atoms with Crippen molar-refractivity contribution in [1.29, 1.82) is 5.41 Å². The molecule has 13 heavy (non-hydrogen) atoms. The number of carbonyl (C=O) groups is 1. The topological polar surface area (TPSA) is 50.2 Å².